The van der Waals surface area contributed by atoms with E-state index in [9.17, 15) is 14.4 Å². The minimum atomic E-state index is -1.17. The molecule has 0 aliphatic heterocycles. The highest BCUT2D eigenvalue weighted by Gasteiger charge is 2.09. The van der Waals surface area contributed by atoms with Crippen molar-refractivity contribution in [2.75, 3.05) is 5.32 Å². The molecule has 4 N–H and O–H groups in total. The van der Waals surface area contributed by atoms with Crippen molar-refractivity contribution < 1.29 is 14.7 Å². The summed E-state index contributed by atoms with van der Waals surface area (Å²) in [5.41, 5.74) is 5.01. The molecule has 9 nitrogen and oxygen atoms in total. The van der Waals surface area contributed by atoms with Crippen LogP contribution >= 0.6 is 0 Å². The van der Waals surface area contributed by atoms with Crippen molar-refractivity contribution in [3.05, 3.63) is 123 Å². The van der Waals surface area contributed by atoms with E-state index < -0.39 is 6.09 Å². The van der Waals surface area contributed by atoms with E-state index in [1.807, 2.05) is 36.4 Å². The van der Waals surface area contributed by atoms with Crippen molar-refractivity contribution in [3.8, 4) is 0 Å². The Labute approximate surface area is 200 Å². The fraction of sp³-hybridized carbons (Fsp3) is 0.115. The second-order valence-electron chi connectivity index (χ2n) is 7.93. The van der Waals surface area contributed by atoms with Gasteiger partial charge in [-0.2, -0.15) is 0 Å². The Hall–Kier alpha value is -4.79. The molecule has 9 heteroatoms. The molecule has 176 valence electrons. The second kappa shape index (κ2) is 10.9. The number of benzene rings is 1. The van der Waals surface area contributed by atoms with Crippen molar-refractivity contribution in [1.29, 1.82) is 0 Å². The molecule has 35 heavy (non-hydrogen) atoms. The number of aromatic amines is 1. The van der Waals surface area contributed by atoms with E-state index in [0.717, 1.165) is 16.7 Å². The van der Waals surface area contributed by atoms with E-state index >= 15 is 0 Å². The van der Waals surface area contributed by atoms with E-state index in [4.69, 9.17) is 5.11 Å². The van der Waals surface area contributed by atoms with Gasteiger partial charge in [0.05, 0.1) is 29.7 Å². The number of carbonyl (C=O) groups excluding carboxylic acids is 1. The van der Waals surface area contributed by atoms with Crippen LogP contribution in [-0.2, 0) is 19.4 Å². The Balaban J connectivity index is 1.34. The summed E-state index contributed by atoms with van der Waals surface area (Å²) in [4.78, 5) is 46.1. The van der Waals surface area contributed by atoms with Crippen LogP contribution in [0.2, 0.25) is 0 Å². The quantitative estimate of drug-likeness (QED) is 0.312. The van der Waals surface area contributed by atoms with Crippen molar-refractivity contribution in [3.63, 3.8) is 0 Å². The number of carbonyl (C=O) groups is 2. The molecule has 4 rings (SSSR count). The number of aromatic nitrogens is 3. The van der Waals surface area contributed by atoms with Crippen LogP contribution in [-0.4, -0.2) is 32.1 Å². The molecule has 0 radical (unpaired) electrons. The summed E-state index contributed by atoms with van der Waals surface area (Å²) in [6.45, 7) is 0.197. The highest BCUT2D eigenvalue weighted by molar-refractivity contribution is 5.94. The number of pyridine rings is 3. The van der Waals surface area contributed by atoms with Crippen molar-refractivity contribution in [2.24, 2.45) is 0 Å². The normalized spacial score (nSPS) is 10.5. The largest absolute Gasteiger partial charge is 0.465 e. The summed E-state index contributed by atoms with van der Waals surface area (Å²) in [6.07, 6.45) is 6.24. The zero-order valence-corrected chi connectivity index (χ0v) is 18.7. The fourth-order valence-corrected chi connectivity index (χ4v) is 3.53. The van der Waals surface area contributed by atoms with E-state index in [1.54, 1.807) is 30.6 Å². The van der Waals surface area contributed by atoms with Gasteiger partial charge in [-0.25, -0.2) is 4.79 Å². The van der Waals surface area contributed by atoms with Gasteiger partial charge >= 0.3 is 6.09 Å². The van der Waals surface area contributed by atoms with Gasteiger partial charge in [-0.05, 0) is 47.4 Å². The summed E-state index contributed by atoms with van der Waals surface area (Å²) < 4.78 is 0. The number of hydrogen-bond donors (Lipinski definition) is 4. The van der Waals surface area contributed by atoms with Crippen molar-refractivity contribution in [1.82, 2.24) is 20.3 Å². The van der Waals surface area contributed by atoms with Crippen LogP contribution in [0.5, 0.6) is 0 Å². The highest BCUT2D eigenvalue weighted by atomic mass is 16.4. The first kappa shape index (κ1) is 23.4. The third-order valence-electron chi connectivity index (χ3n) is 5.29. The molecular weight excluding hydrogens is 446 g/mol. The lowest BCUT2D eigenvalue weighted by atomic mass is 10.0. The minimum absolute atomic E-state index is 0.0827. The van der Waals surface area contributed by atoms with Crippen LogP contribution in [0.15, 0.2) is 84.2 Å². The third-order valence-corrected chi connectivity index (χ3v) is 5.29. The molecule has 3 heterocycles. The van der Waals surface area contributed by atoms with Crippen molar-refractivity contribution >= 4 is 17.7 Å². The van der Waals surface area contributed by atoms with Gasteiger partial charge in [0, 0.05) is 30.6 Å². The first-order valence-corrected chi connectivity index (χ1v) is 10.9. The summed E-state index contributed by atoms with van der Waals surface area (Å²) >= 11 is 0. The number of anilines is 1. The Morgan fingerprint density at radius 2 is 1.69 bits per heavy atom. The Morgan fingerprint density at radius 1 is 0.914 bits per heavy atom. The first-order valence-electron chi connectivity index (χ1n) is 10.9. The summed E-state index contributed by atoms with van der Waals surface area (Å²) in [7, 11) is 0. The topological polar surface area (TPSA) is 137 Å². The SMILES string of the molecule is O=C(O)Nc1ccc(CNC(=O)c2cncc(Cc3ccc(Cc4ccc[nH]c4=O)cc3)c2)nc1. The zero-order chi connectivity index (χ0) is 24.6. The van der Waals surface area contributed by atoms with Gasteiger partial charge in [-0.15, -0.1) is 0 Å². The lowest BCUT2D eigenvalue weighted by molar-refractivity contribution is 0.0950. The zero-order valence-electron chi connectivity index (χ0n) is 18.7. The highest BCUT2D eigenvalue weighted by Crippen LogP contribution is 2.14. The number of nitrogens with one attached hydrogen (secondary N) is 3. The Bertz CT molecular complexity index is 1380. The molecule has 1 aromatic carbocycles. The van der Waals surface area contributed by atoms with Crippen LogP contribution in [0.1, 0.15) is 38.3 Å². The molecule has 0 aliphatic rings. The van der Waals surface area contributed by atoms with Gasteiger partial charge in [-0.3, -0.25) is 24.9 Å². The molecule has 3 aromatic heterocycles. The van der Waals surface area contributed by atoms with Gasteiger partial charge in [0.2, 0.25) is 0 Å². The molecule has 0 aliphatic carbocycles. The number of amides is 2. The van der Waals surface area contributed by atoms with Crippen LogP contribution in [0.4, 0.5) is 10.5 Å². The lowest BCUT2D eigenvalue weighted by Crippen LogP contribution is -2.23. The number of hydrogen-bond acceptors (Lipinski definition) is 5. The summed E-state index contributed by atoms with van der Waals surface area (Å²) in [6, 6.07) is 16.6. The predicted octanol–water partition coefficient (Wildman–Crippen LogP) is 3.37. The maximum absolute atomic E-state index is 12.6. The average molecular weight is 470 g/mol. The Kier molecular flexibility index (Phi) is 7.27. The molecule has 4 aromatic rings. The number of rotatable bonds is 8. The van der Waals surface area contributed by atoms with E-state index in [0.29, 0.717) is 35.3 Å². The van der Waals surface area contributed by atoms with Crippen molar-refractivity contribution in [2.45, 2.75) is 19.4 Å². The van der Waals surface area contributed by atoms with E-state index in [-0.39, 0.29) is 18.0 Å². The maximum Gasteiger partial charge on any atom is 0.409 e. The van der Waals surface area contributed by atoms with E-state index in [2.05, 4.69) is 25.6 Å². The third kappa shape index (κ3) is 6.61. The monoisotopic (exact) mass is 469 g/mol. The molecule has 0 spiro atoms. The van der Waals surface area contributed by atoms with Crippen LogP contribution in [0.25, 0.3) is 0 Å². The fourth-order valence-electron chi connectivity index (χ4n) is 3.53. The smallest absolute Gasteiger partial charge is 0.409 e. The first-order chi connectivity index (χ1) is 17.0. The molecule has 0 atom stereocenters. The molecule has 2 amide bonds. The van der Waals surface area contributed by atoms with Crippen LogP contribution in [0, 0.1) is 0 Å². The average Bonchev–Trinajstić information content (AvgIpc) is 2.86. The van der Waals surface area contributed by atoms with Gasteiger partial charge < -0.3 is 15.4 Å². The van der Waals surface area contributed by atoms with Gasteiger partial charge in [0.25, 0.3) is 11.5 Å². The summed E-state index contributed by atoms with van der Waals surface area (Å²) in [5, 5.41) is 13.7. The van der Waals surface area contributed by atoms with Crippen LogP contribution in [0.3, 0.4) is 0 Å². The molecular formula is C26H23N5O4. The van der Waals surface area contributed by atoms with E-state index in [1.165, 1.54) is 12.4 Å². The second-order valence-corrected chi connectivity index (χ2v) is 7.93. The van der Waals surface area contributed by atoms with Crippen LogP contribution < -0.4 is 16.2 Å². The minimum Gasteiger partial charge on any atom is -0.465 e. The molecule has 0 unspecified atom stereocenters. The van der Waals surface area contributed by atoms with Gasteiger partial charge in [0.15, 0.2) is 0 Å². The number of carboxylic acid groups (broad SMARTS) is 1. The summed E-state index contributed by atoms with van der Waals surface area (Å²) in [5.74, 6) is -0.280. The standard InChI is InChI=1S/C26H23N5O4/c32-24-20(2-1-9-28-24)11-18-5-3-17(4-6-18)10-19-12-21(14-27-13-19)25(33)30-15-22-7-8-23(16-29-22)31-26(34)35/h1-9,12-14,16,31H,10-11,15H2,(H,28,32)(H,30,33)(H,34,35). The number of H-pyrrole nitrogens is 1. The predicted molar refractivity (Wildman–Crippen MR) is 130 cm³/mol. The lowest BCUT2D eigenvalue weighted by Gasteiger charge is -2.08. The molecule has 0 bridgehead atoms. The Morgan fingerprint density at radius 3 is 2.37 bits per heavy atom. The van der Waals surface area contributed by atoms with Gasteiger partial charge in [0.1, 0.15) is 0 Å². The van der Waals surface area contributed by atoms with Gasteiger partial charge in [-0.1, -0.05) is 30.3 Å². The maximum atomic E-state index is 12.6. The number of nitrogens with zero attached hydrogens (tertiary/aromatic N) is 2. The molecule has 0 saturated carbocycles. The molecule has 0 saturated heterocycles. The molecule has 0 fully saturated rings.